The Hall–Kier alpha value is -1.73. The minimum atomic E-state index is -2.83. The third-order valence-corrected chi connectivity index (χ3v) is 3.76. The number of nitrogens with one attached hydrogen (secondary N) is 2. The standard InChI is InChI=1S/C15H24F2N2O4/c1-4-23-14(22)10(3)19-12(20)9(2)18-13(21)11-6-5-7-15(16,17)8-11/h9-11H,4-8H2,1-3H3,(H,18,21)(H,19,20)/t9-,10-,11+/m0/s1. The molecule has 1 aliphatic carbocycles. The summed E-state index contributed by atoms with van der Waals surface area (Å²) < 4.78 is 31.4. The molecule has 132 valence electrons. The molecule has 1 saturated carbocycles. The summed E-state index contributed by atoms with van der Waals surface area (Å²) in [4.78, 5) is 35.4. The number of carbonyl (C=O) groups excluding carboxylic acids is 3. The summed E-state index contributed by atoms with van der Waals surface area (Å²) in [5, 5.41) is 4.84. The quantitative estimate of drug-likeness (QED) is 0.719. The fourth-order valence-corrected chi connectivity index (χ4v) is 2.46. The molecule has 0 saturated heterocycles. The average molecular weight is 334 g/mol. The van der Waals surface area contributed by atoms with E-state index in [4.69, 9.17) is 4.74 Å². The van der Waals surface area contributed by atoms with Crippen LogP contribution in [0.15, 0.2) is 0 Å². The summed E-state index contributed by atoms with van der Waals surface area (Å²) in [5.74, 6) is -5.33. The lowest BCUT2D eigenvalue weighted by atomic mass is 9.86. The summed E-state index contributed by atoms with van der Waals surface area (Å²) in [5.41, 5.74) is 0. The van der Waals surface area contributed by atoms with Crippen molar-refractivity contribution in [2.45, 2.75) is 64.5 Å². The summed E-state index contributed by atoms with van der Waals surface area (Å²) in [6.45, 7) is 4.74. The molecule has 0 heterocycles. The number of carbonyl (C=O) groups is 3. The molecule has 1 fully saturated rings. The Morgan fingerprint density at radius 1 is 1.22 bits per heavy atom. The van der Waals surface area contributed by atoms with Crippen molar-refractivity contribution in [3.05, 3.63) is 0 Å². The molecule has 0 aromatic heterocycles. The zero-order valence-electron chi connectivity index (χ0n) is 13.7. The zero-order chi connectivity index (χ0) is 17.6. The normalized spacial score (nSPS) is 22.6. The predicted molar refractivity (Wildman–Crippen MR) is 78.7 cm³/mol. The highest BCUT2D eigenvalue weighted by atomic mass is 19.3. The molecule has 0 aliphatic heterocycles. The highest BCUT2D eigenvalue weighted by Crippen LogP contribution is 2.36. The summed E-state index contributed by atoms with van der Waals surface area (Å²) in [7, 11) is 0. The van der Waals surface area contributed by atoms with Crippen LogP contribution >= 0.6 is 0 Å². The highest BCUT2D eigenvalue weighted by Gasteiger charge is 2.39. The van der Waals surface area contributed by atoms with Gasteiger partial charge in [0.1, 0.15) is 12.1 Å². The molecule has 1 aliphatic rings. The van der Waals surface area contributed by atoms with Gasteiger partial charge in [-0.1, -0.05) is 0 Å². The molecule has 2 amide bonds. The van der Waals surface area contributed by atoms with E-state index in [1.54, 1.807) is 6.92 Å². The van der Waals surface area contributed by atoms with E-state index in [0.29, 0.717) is 6.42 Å². The van der Waals surface area contributed by atoms with Crippen molar-refractivity contribution < 1.29 is 27.9 Å². The van der Waals surface area contributed by atoms with Crippen molar-refractivity contribution in [1.29, 1.82) is 0 Å². The van der Waals surface area contributed by atoms with Crippen LogP contribution < -0.4 is 10.6 Å². The molecule has 0 radical (unpaired) electrons. The molecule has 0 aromatic rings. The molecular formula is C15H24F2N2O4. The van der Waals surface area contributed by atoms with Crippen molar-refractivity contribution in [1.82, 2.24) is 10.6 Å². The van der Waals surface area contributed by atoms with Crippen LogP contribution in [0.5, 0.6) is 0 Å². The molecule has 8 heteroatoms. The van der Waals surface area contributed by atoms with Crippen LogP contribution in [-0.4, -0.2) is 42.4 Å². The number of hydrogen-bond donors (Lipinski definition) is 2. The van der Waals surface area contributed by atoms with Crippen LogP contribution in [0.25, 0.3) is 0 Å². The van der Waals surface area contributed by atoms with Crippen LogP contribution in [0.2, 0.25) is 0 Å². The molecule has 1 rings (SSSR count). The number of esters is 1. The molecular weight excluding hydrogens is 310 g/mol. The van der Waals surface area contributed by atoms with E-state index in [-0.39, 0.29) is 19.4 Å². The van der Waals surface area contributed by atoms with Gasteiger partial charge in [0.25, 0.3) is 0 Å². The minimum absolute atomic E-state index is 0.196. The molecule has 0 bridgehead atoms. The SMILES string of the molecule is CCOC(=O)[C@H](C)NC(=O)[C@H](C)NC(=O)[C@@H]1CCCC(F)(F)C1. The lowest BCUT2D eigenvalue weighted by Gasteiger charge is -2.29. The zero-order valence-corrected chi connectivity index (χ0v) is 13.7. The minimum Gasteiger partial charge on any atom is -0.464 e. The second-order valence-corrected chi connectivity index (χ2v) is 5.86. The van der Waals surface area contributed by atoms with Gasteiger partial charge < -0.3 is 15.4 Å². The lowest BCUT2D eigenvalue weighted by Crippen LogP contribution is -2.51. The molecule has 2 N–H and O–H groups in total. The Morgan fingerprint density at radius 3 is 2.43 bits per heavy atom. The summed E-state index contributed by atoms with van der Waals surface area (Å²) >= 11 is 0. The second kappa shape index (κ2) is 8.21. The molecule has 23 heavy (non-hydrogen) atoms. The van der Waals surface area contributed by atoms with E-state index in [1.807, 2.05) is 0 Å². The van der Waals surface area contributed by atoms with Gasteiger partial charge in [0.15, 0.2) is 0 Å². The summed E-state index contributed by atoms with van der Waals surface area (Å²) in [6, 6.07) is -1.77. The topological polar surface area (TPSA) is 84.5 Å². The molecule has 0 unspecified atom stereocenters. The van der Waals surface area contributed by atoms with Crippen LogP contribution in [0.4, 0.5) is 8.78 Å². The third kappa shape index (κ3) is 6.11. The first-order chi connectivity index (χ1) is 10.7. The van der Waals surface area contributed by atoms with Crippen LogP contribution in [0, 0.1) is 5.92 Å². The number of hydrogen-bond acceptors (Lipinski definition) is 4. The maximum absolute atomic E-state index is 13.3. The molecule has 0 aromatic carbocycles. The van der Waals surface area contributed by atoms with E-state index >= 15 is 0 Å². The van der Waals surface area contributed by atoms with Gasteiger partial charge in [-0.05, 0) is 33.6 Å². The van der Waals surface area contributed by atoms with Gasteiger partial charge >= 0.3 is 5.97 Å². The van der Waals surface area contributed by atoms with Crippen LogP contribution in [0.3, 0.4) is 0 Å². The van der Waals surface area contributed by atoms with Gasteiger partial charge in [-0.3, -0.25) is 9.59 Å². The van der Waals surface area contributed by atoms with Gasteiger partial charge in [-0.15, -0.1) is 0 Å². The maximum Gasteiger partial charge on any atom is 0.328 e. The number of rotatable bonds is 6. The molecule has 6 nitrogen and oxygen atoms in total. The van der Waals surface area contributed by atoms with Gasteiger partial charge in [0.05, 0.1) is 6.61 Å². The van der Waals surface area contributed by atoms with Gasteiger partial charge in [-0.25, -0.2) is 13.6 Å². The number of ether oxygens (including phenoxy) is 1. The fourth-order valence-electron chi connectivity index (χ4n) is 2.46. The van der Waals surface area contributed by atoms with Crippen LogP contribution in [-0.2, 0) is 19.1 Å². The first kappa shape index (κ1) is 19.3. The summed E-state index contributed by atoms with van der Waals surface area (Å²) in [6.07, 6.45) is -0.0309. The van der Waals surface area contributed by atoms with Gasteiger partial charge in [0, 0.05) is 18.8 Å². The van der Waals surface area contributed by atoms with Crippen molar-refractivity contribution in [2.24, 2.45) is 5.92 Å². The average Bonchev–Trinajstić information content (AvgIpc) is 2.46. The molecule has 3 atom stereocenters. The number of halogens is 2. The first-order valence-corrected chi connectivity index (χ1v) is 7.81. The maximum atomic E-state index is 13.3. The number of alkyl halides is 2. The van der Waals surface area contributed by atoms with Gasteiger partial charge in [-0.2, -0.15) is 0 Å². The Morgan fingerprint density at radius 2 is 1.87 bits per heavy atom. The van der Waals surface area contributed by atoms with E-state index in [1.165, 1.54) is 13.8 Å². The highest BCUT2D eigenvalue weighted by molar-refractivity contribution is 5.90. The van der Waals surface area contributed by atoms with Crippen LogP contribution in [0.1, 0.15) is 46.5 Å². The van der Waals surface area contributed by atoms with Crippen molar-refractivity contribution in [2.75, 3.05) is 6.61 Å². The first-order valence-electron chi connectivity index (χ1n) is 7.81. The van der Waals surface area contributed by atoms with Crippen molar-refractivity contribution in [3.8, 4) is 0 Å². The van der Waals surface area contributed by atoms with E-state index in [2.05, 4.69) is 10.6 Å². The Labute approximate surface area is 134 Å². The smallest absolute Gasteiger partial charge is 0.328 e. The third-order valence-electron chi connectivity index (χ3n) is 3.76. The van der Waals surface area contributed by atoms with E-state index < -0.39 is 48.1 Å². The Balaban J connectivity index is 2.48. The Kier molecular flexibility index (Phi) is 6.90. The van der Waals surface area contributed by atoms with Crippen molar-refractivity contribution >= 4 is 17.8 Å². The second-order valence-electron chi connectivity index (χ2n) is 5.86. The van der Waals surface area contributed by atoms with Crippen molar-refractivity contribution in [3.63, 3.8) is 0 Å². The number of amides is 2. The largest absolute Gasteiger partial charge is 0.464 e. The van der Waals surface area contributed by atoms with E-state index in [9.17, 15) is 23.2 Å². The van der Waals surface area contributed by atoms with E-state index in [0.717, 1.165) is 0 Å². The monoisotopic (exact) mass is 334 g/mol. The Bertz CT molecular complexity index is 457. The lowest BCUT2D eigenvalue weighted by molar-refractivity contribution is -0.147. The predicted octanol–water partition coefficient (Wildman–Crippen LogP) is 1.38. The molecule has 0 spiro atoms. The van der Waals surface area contributed by atoms with Gasteiger partial charge in [0.2, 0.25) is 17.7 Å². The fraction of sp³-hybridized carbons (Fsp3) is 0.800.